The topological polar surface area (TPSA) is 38.0 Å². The molecule has 0 aliphatic rings. The molecule has 0 fully saturated rings. The molecule has 1 aromatic rings. The molecule has 0 aromatic heterocycles. The molecule has 0 bridgehead atoms. The van der Waals surface area contributed by atoms with Gasteiger partial charge in [0, 0.05) is 24.0 Å². The van der Waals surface area contributed by atoms with Gasteiger partial charge in [-0.25, -0.2) is 0 Å². The number of hydrogen-bond acceptors (Lipinski definition) is 3. The van der Waals surface area contributed by atoms with Crippen LogP contribution in [-0.4, -0.2) is 17.8 Å². The third-order valence-corrected chi connectivity index (χ3v) is 4.10. The minimum atomic E-state index is 0.209. The van der Waals surface area contributed by atoms with Crippen molar-refractivity contribution >= 4 is 17.4 Å². The molecule has 3 heteroatoms. The van der Waals surface area contributed by atoms with Gasteiger partial charge in [0.25, 0.3) is 0 Å². The summed E-state index contributed by atoms with van der Waals surface area (Å²) in [7, 11) is 0. The zero-order chi connectivity index (χ0) is 13.5. The second-order valence-corrected chi connectivity index (χ2v) is 6.91. The Labute approximate surface area is 116 Å². The van der Waals surface area contributed by atoms with Crippen LogP contribution in [0.25, 0.3) is 0 Å². The number of hydrogen-bond donors (Lipinski definition) is 2. The van der Waals surface area contributed by atoms with Crippen LogP contribution in [0.15, 0.2) is 24.3 Å². The average Bonchev–Trinajstić information content (AvgIpc) is 2.34. The summed E-state index contributed by atoms with van der Waals surface area (Å²) >= 11 is 1.97. The third kappa shape index (κ3) is 5.78. The second kappa shape index (κ2) is 7.70. The van der Waals surface area contributed by atoms with E-state index in [9.17, 15) is 0 Å². The van der Waals surface area contributed by atoms with Crippen LogP contribution in [-0.2, 0) is 5.75 Å². The maximum absolute atomic E-state index is 6.01. The van der Waals surface area contributed by atoms with Crippen LogP contribution in [0.1, 0.15) is 33.3 Å². The summed E-state index contributed by atoms with van der Waals surface area (Å²) < 4.78 is 0. The number of thioether (sulfide) groups is 1. The van der Waals surface area contributed by atoms with Crippen molar-refractivity contribution in [3.8, 4) is 0 Å². The zero-order valence-corrected chi connectivity index (χ0v) is 12.8. The van der Waals surface area contributed by atoms with E-state index in [1.165, 1.54) is 5.56 Å². The standard InChI is InChI=1S/C15H26N2S/c1-11(2)15(16)9-17-14-7-5-13(6-8-14)10-18-12(3)4/h5-8,11-12,15,17H,9-10,16H2,1-4H3. The van der Waals surface area contributed by atoms with Crippen LogP contribution in [0, 0.1) is 5.92 Å². The Morgan fingerprint density at radius 3 is 2.22 bits per heavy atom. The fraction of sp³-hybridized carbons (Fsp3) is 0.600. The molecule has 3 N–H and O–H groups in total. The predicted molar refractivity (Wildman–Crippen MR) is 84.2 cm³/mol. The maximum atomic E-state index is 6.01. The molecule has 18 heavy (non-hydrogen) atoms. The van der Waals surface area contributed by atoms with Gasteiger partial charge >= 0.3 is 0 Å². The first-order chi connectivity index (χ1) is 8.49. The van der Waals surface area contributed by atoms with Gasteiger partial charge in [-0.05, 0) is 28.9 Å². The summed E-state index contributed by atoms with van der Waals surface area (Å²) in [5.74, 6) is 1.60. The van der Waals surface area contributed by atoms with Crippen molar-refractivity contribution < 1.29 is 0 Å². The number of nitrogens with two attached hydrogens (primary N) is 1. The van der Waals surface area contributed by atoms with Gasteiger partial charge in [-0.2, -0.15) is 11.8 Å². The van der Waals surface area contributed by atoms with Crippen LogP contribution in [0.3, 0.4) is 0 Å². The van der Waals surface area contributed by atoms with Crippen molar-refractivity contribution in [3.05, 3.63) is 29.8 Å². The molecule has 0 spiro atoms. The quantitative estimate of drug-likeness (QED) is 0.790. The van der Waals surface area contributed by atoms with E-state index in [-0.39, 0.29) is 6.04 Å². The van der Waals surface area contributed by atoms with Gasteiger partial charge in [0.1, 0.15) is 0 Å². The van der Waals surface area contributed by atoms with Crippen molar-refractivity contribution in [2.24, 2.45) is 11.7 Å². The molecule has 0 heterocycles. The van der Waals surface area contributed by atoms with Gasteiger partial charge in [-0.15, -0.1) is 0 Å². The second-order valence-electron chi connectivity index (χ2n) is 5.35. The average molecular weight is 266 g/mol. The molecular weight excluding hydrogens is 240 g/mol. The molecule has 1 atom stereocenters. The van der Waals surface area contributed by atoms with Crippen LogP contribution < -0.4 is 11.1 Å². The monoisotopic (exact) mass is 266 g/mol. The van der Waals surface area contributed by atoms with Crippen molar-refractivity contribution in [2.45, 2.75) is 44.7 Å². The number of nitrogens with one attached hydrogen (secondary N) is 1. The number of anilines is 1. The molecule has 1 aromatic carbocycles. The SMILES string of the molecule is CC(C)SCc1ccc(NCC(N)C(C)C)cc1. The van der Waals surface area contributed by atoms with Gasteiger partial charge < -0.3 is 11.1 Å². The van der Waals surface area contributed by atoms with Gasteiger partial charge in [-0.3, -0.25) is 0 Å². The van der Waals surface area contributed by atoms with Crippen LogP contribution in [0.2, 0.25) is 0 Å². The summed E-state index contributed by atoms with van der Waals surface area (Å²) in [4.78, 5) is 0. The smallest absolute Gasteiger partial charge is 0.0340 e. The summed E-state index contributed by atoms with van der Waals surface area (Å²) in [6, 6.07) is 8.88. The van der Waals surface area contributed by atoms with E-state index >= 15 is 0 Å². The lowest BCUT2D eigenvalue weighted by Crippen LogP contribution is -2.33. The lowest BCUT2D eigenvalue weighted by atomic mass is 10.1. The largest absolute Gasteiger partial charge is 0.383 e. The molecule has 0 aliphatic carbocycles. The Hall–Kier alpha value is -0.670. The Morgan fingerprint density at radius 2 is 1.72 bits per heavy atom. The molecule has 0 aliphatic heterocycles. The van der Waals surface area contributed by atoms with Gasteiger partial charge in [0.15, 0.2) is 0 Å². The molecule has 102 valence electrons. The molecule has 0 saturated carbocycles. The van der Waals surface area contributed by atoms with Crippen molar-refractivity contribution in [1.82, 2.24) is 0 Å². The van der Waals surface area contributed by atoms with E-state index in [1.54, 1.807) is 0 Å². The van der Waals surface area contributed by atoms with E-state index in [2.05, 4.69) is 57.3 Å². The first-order valence-electron chi connectivity index (χ1n) is 6.69. The summed E-state index contributed by atoms with van der Waals surface area (Å²) in [6.07, 6.45) is 0. The van der Waals surface area contributed by atoms with Crippen LogP contribution in [0.5, 0.6) is 0 Å². The molecule has 1 rings (SSSR count). The molecule has 2 nitrogen and oxygen atoms in total. The summed E-state index contributed by atoms with van der Waals surface area (Å²) in [5.41, 5.74) is 8.55. The van der Waals surface area contributed by atoms with Crippen LogP contribution in [0.4, 0.5) is 5.69 Å². The molecule has 0 saturated heterocycles. The Kier molecular flexibility index (Phi) is 6.58. The van der Waals surface area contributed by atoms with Gasteiger partial charge in [0.2, 0.25) is 0 Å². The highest BCUT2D eigenvalue weighted by atomic mass is 32.2. The lowest BCUT2D eigenvalue weighted by Gasteiger charge is -2.17. The van der Waals surface area contributed by atoms with Crippen molar-refractivity contribution in [2.75, 3.05) is 11.9 Å². The Bertz CT molecular complexity index is 333. The minimum Gasteiger partial charge on any atom is -0.383 e. The van der Waals surface area contributed by atoms with Crippen molar-refractivity contribution in [1.29, 1.82) is 0 Å². The van der Waals surface area contributed by atoms with E-state index in [1.807, 2.05) is 11.8 Å². The predicted octanol–water partition coefficient (Wildman–Crippen LogP) is 3.72. The van der Waals surface area contributed by atoms with Gasteiger partial charge in [-0.1, -0.05) is 39.8 Å². The fourth-order valence-corrected chi connectivity index (χ4v) is 2.17. The maximum Gasteiger partial charge on any atom is 0.0340 e. The van der Waals surface area contributed by atoms with Crippen LogP contribution >= 0.6 is 11.8 Å². The van der Waals surface area contributed by atoms with E-state index in [0.29, 0.717) is 11.2 Å². The van der Waals surface area contributed by atoms with E-state index in [4.69, 9.17) is 5.73 Å². The highest BCUT2D eigenvalue weighted by Gasteiger charge is 2.06. The van der Waals surface area contributed by atoms with E-state index < -0.39 is 0 Å². The first kappa shape index (κ1) is 15.4. The lowest BCUT2D eigenvalue weighted by molar-refractivity contribution is 0.511. The summed E-state index contributed by atoms with van der Waals surface area (Å²) in [6.45, 7) is 9.59. The Balaban J connectivity index is 2.40. The molecule has 0 radical (unpaired) electrons. The molecular formula is C15H26N2S. The first-order valence-corrected chi connectivity index (χ1v) is 7.74. The molecule has 0 amide bonds. The third-order valence-electron chi connectivity index (χ3n) is 2.94. The highest BCUT2D eigenvalue weighted by Crippen LogP contribution is 2.18. The van der Waals surface area contributed by atoms with Crippen molar-refractivity contribution in [3.63, 3.8) is 0 Å². The Morgan fingerprint density at radius 1 is 1.11 bits per heavy atom. The summed E-state index contributed by atoms with van der Waals surface area (Å²) in [5, 5.41) is 4.07. The molecule has 1 unspecified atom stereocenters. The fourth-order valence-electron chi connectivity index (χ4n) is 1.45. The normalized spacial score (nSPS) is 13.1. The highest BCUT2D eigenvalue weighted by molar-refractivity contribution is 7.99. The van der Waals surface area contributed by atoms with Gasteiger partial charge in [0.05, 0.1) is 0 Å². The number of benzene rings is 1. The van der Waals surface area contributed by atoms with E-state index in [0.717, 1.165) is 18.0 Å². The zero-order valence-electron chi connectivity index (χ0n) is 11.9. The minimum absolute atomic E-state index is 0.209. The number of rotatable bonds is 7.